The summed E-state index contributed by atoms with van der Waals surface area (Å²) in [7, 11) is 0. The Hall–Kier alpha value is -2.52. The predicted octanol–water partition coefficient (Wildman–Crippen LogP) is 2.32. The number of carbonyl (C=O) groups is 1. The Morgan fingerprint density at radius 3 is 2.48 bits per heavy atom. The largest absolute Gasteiger partial charge is 0.408 e. The molecule has 0 N–H and O–H groups in total. The number of rotatable bonds is 6. The van der Waals surface area contributed by atoms with Crippen LogP contribution in [0.3, 0.4) is 0 Å². The SMILES string of the molecule is O=C(CCn1cc(Cl)c([N+](=O)[O-])n1)N1CCN(Cc2ccc(F)cc2)CC1. The van der Waals surface area contributed by atoms with Crippen LogP contribution >= 0.6 is 11.6 Å². The molecule has 0 aliphatic carbocycles. The Morgan fingerprint density at radius 2 is 1.89 bits per heavy atom. The first kappa shape index (κ1) is 19.2. The summed E-state index contributed by atoms with van der Waals surface area (Å²) >= 11 is 5.75. The van der Waals surface area contributed by atoms with Gasteiger partial charge >= 0.3 is 5.82 Å². The fraction of sp³-hybridized carbons (Fsp3) is 0.412. The molecule has 1 aromatic carbocycles. The normalized spacial score (nSPS) is 15.1. The Labute approximate surface area is 160 Å². The van der Waals surface area contributed by atoms with Crippen LogP contribution < -0.4 is 0 Å². The van der Waals surface area contributed by atoms with Gasteiger partial charge in [0.25, 0.3) is 0 Å². The Balaban J connectivity index is 1.45. The van der Waals surface area contributed by atoms with Gasteiger partial charge in [-0.1, -0.05) is 23.7 Å². The lowest BCUT2D eigenvalue weighted by Gasteiger charge is -2.34. The van der Waals surface area contributed by atoms with Gasteiger partial charge in [-0.25, -0.2) is 4.39 Å². The minimum absolute atomic E-state index is 0.0225. The highest BCUT2D eigenvalue weighted by Gasteiger charge is 2.23. The van der Waals surface area contributed by atoms with Crippen LogP contribution in [0.1, 0.15) is 12.0 Å². The summed E-state index contributed by atoms with van der Waals surface area (Å²) in [5.41, 5.74) is 1.04. The summed E-state index contributed by atoms with van der Waals surface area (Å²) in [6.45, 7) is 3.66. The topological polar surface area (TPSA) is 84.5 Å². The first-order valence-corrected chi connectivity index (χ1v) is 8.92. The van der Waals surface area contributed by atoms with Crippen molar-refractivity contribution in [2.45, 2.75) is 19.5 Å². The van der Waals surface area contributed by atoms with E-state index in [1.807, 2.05) is 0 Å². The van der Waals surface area contributed by atoms with Crippen LogP contribution in [0.15, 0.2) is 30.5 Å². The number of hydrogen-bond donors (Lipinski definition) is 0. The maximum Gasteiger partial charge on any atom is 0.408 e. The first-order chi connectivity index (χ1) is 12.9. The molecular weight excluding hydrogens is 377 g/mol. The summed E-state index contributed by atoms with van der Waals surface area (Å²) in [6, 6.07) is 6.42. The van der Waals surface area contributed by atoms with Crippen molar-refractivity contribution in [2.24, 2.45) is 0 Å². The van der Waals surface area contributed by atoms with Crippen molar-refractivity contribution in [3.05, 3.63) is 57.0 Å². The van der Waals surface area contributed by atoms with Crippen molar-refractivity contribution in [2.75, 3.05) is 26.2 Å². The summed E-state index contributed by atoms with van der Waals surface area (Å²) in [4.78, 5) is 26.4. The first-order valence-electron chi connectivity index (χ1n) is 8.54. The number of amides is 1. The van der Waals surface area contributed by atoms with Crippen LogP contribution in [0.25, 0.3) is 0 Å². The number of nitrogens with zero attached hydrogens (tertiary/aromatic N) is 5. The molecule has 1 fully saturated rings. The van der Waals surface area contributed by atoms with E-state index in [-0.39, 0.29) is 29.7 Å². The molecule has 1 aromatic heterocycles. The average Bonchev–Trinajstić information content (AvgIpc) is 3.03. The van der Waals surface area contributed by atoms with Gasteiger partial charge in [-0.3, -0.25) is 9.69 Å². The van der Waals surface area contributed by atoms with Crippen LogP contribution in [0, 0.1) is 15.9 Å². The highest BCUT2D eigenvalue weighted by Crippen LogP contribution is 2.21. The number of halogens is 2. The van der Waals surface area contributed by atoms with Crippen molar-refractivity contribution < 1.29 is 14.1 Å². The van der Waals surface area contributed by atoms with Crippen molar-refractivity contribution in [3.63, 3.8) is 0 Å². The van der Waals surface area contributed by atoms with Gasteiger partial charge in [0.15, 0.2) is 5.02 Å². The molecule has 8 nitrogen and oxygen atoms in total. The number of hydrogen-bond acceptors (Lipinski definition) is 5. The summed E-state index contributed by atoms with van der Waals surface area (Å²) < 4.78 is 14.3. The van der Waals surface area contributed by atoms with Crippen molar-refractivity contribution in [1.82, 2.24) is 19.6 Å². The molecule has 1 saturated heterocycles. The summed E-state index contributed by atoms with van der Waals surface area (Å²) in [6.07, 6.45) is 1.56. The zero-order chi connectivity index (χ0) is 19.4. The molecule has 1 aliphatic heterocycles. The number of aryl methyl sites for hydroxylation is 1. The molecule has 27 heavy (non-hydrogen) atoms. The van der Waals surface area contributed by atoms with Gasteiger partial charge in [0.1, 0.15) is 5.82 Å². The predicted molar refractivity (Wildman–Crippen MR) is 96.8 cm³/mol. The third-order valence-electron chi connectivity index (χ3n) is 4.47. The van der Waals surface area contributed by atoms with Gasteiger partial charge in [0.05, 0.1) is 17.8 Å². The van der Waals surface area contributed by atoms with Gasteiger partial charge in [0, 0.05) is 39.1 Å². The standard InChI is InChI=1S/C17H19ClFN5O3/c18-15-12-23(20-17(15)24(26)27)6-5-16(25)22-9-7-21(8-10-22)11-13-1-3-14(19)4-2-13/h1-4,12H,5-11H2. The molecule has 10 heteroatoms. The highest BCUT2D eigenvalue weighted by atomic mass is 35.5. The van der Waals surface area contributed by atoms with E-state index in [1.54, 1.807) is 17.0 Å². The molecule has 0 atom stereocenters. The van der Waals surface area contributed by atoms with Crippen LogP contribution in [-0.2, 0) is 17.9 Å². The van der Waals surface area contributed by atoms with Crippen molar-refractivity contribution in [1.29, 1.82) is 0 Å². The quantitative estimate of drug-likeness (QED) is 0.553. The fourth-order valence-electron chi connectivity index (χ4n) is 3.00. The van der Waals surface area contributed by atoms with Crippen LogP contribution in [0.5, 0.6) is 0 Å². The number of benzene rings is 1. The monoisotopic (exact) mass is 395 g/mol. The fourth-order valence-corrected chi connectivity index (χ4v) is 3.22. The summed E-state index contributed by atoms with van der Waals surface area (Å²) in [5.74, 6) is -0.679. The van der Waals surface area contributed by atoms with E-state index in [9.17, 15) is 19.3 Å². The Bertz CT molecular complexity index is 818. The molecule has 1 aliphatic rings. The lowest BCUT2D eigenvalue weighted by Crippen LogP contribution is -2.48. The highest BCUT2D eigenvalue weighted by molar-refractivity contribution is 6.32. The number of carbonyl (C=O) groups excluding carboxylic acids is 1. The molecule has 0 radical (unpaired) electrons. The lowest BCUT2D eigenvalue weighted by atomic mass is 10.2. The molecule has 0 unspecified atom stereocenters. The van der Waals surface area contributed by atoms with E-state index in [0.29, 0.717) is 13.1 Å². The molecule has 3 rings (SSSR count). The zero-order valence-corrected chi connectivity index (χ0v) is 15.3. The third kappa shape index (κ3) is 5.01. The number of nitro groups is 1. The molecule has 144 valence electrons. The van der Waals surface area contributed by atoms with Gasteiger partial charge < -0.3 is 15.0 Å². The van der Waals surface area contributed by atoms with Crippen molar-refractivity contribution >= 4 is 23.3 Å². The smallest absolute Gasteiger partial charge is 0.358 e. The molecule has 0 saturated carbocycles. The summed E-state index contributed by atoms with van der Waals surface area (Å²) in [5, 5.41) is 14.5. The minimum Gasteiger partial charge on any atom is -0.358 e. The molecule has 2 aromatic rings. The van der Waals surface area contributed by atoms with E-state index < -0.39 is 10.7 Å². The molecule has 1 amide bonds. The third-order valence-corrected chi connectivity index (χ3v) is 4.74. The molecule has 0 bridgehead atoms. The van der Waals surface area contributed by atoms with Crippen LogP contribution in [0.4, 0.5) is 10.2 Å². The van der Waals surface area contributed by atoms with E-state index in [2.05, 4.69) is 10.00 Å². The van der Waals surface area contributed by atoms with E-state index in [0.717, 1.165) is 25.2 Å². The lowest BCUT2D eigenvalue weighted by molar-refractivity contribution is -0.389. The second kappa shape index (κ2) is 8.45. The number of aromatic nitrogens is 2. The van der Waals surface area contributed by atoms with Gasteiger partial charge in [-0.15, -0.1) is 0 Å². The second-order valence-corrected chi connectivity index (χ2v) is 6.76. The van der Waals surface area contributed by atoms with Crippen molar-refractivity contribution in [3.8, 4) is 0 Å². The van der Waals surface area contributed by atoms with E-state index in [1.165, 1.54) is 23.0 Å². The Kier molecular flexibility index (Phi) is 6.02. The van der Waals surface area contributed by atoms with E-state index in [4.69, 9.17) is 11.6 Å². The maximum atomic E-state index is 13.0. The average molecular weight is 396 g/mol. The van der Waals surface area contributed by atoms with Gasteiger partial charge in [-0.2, -0.15) is 4.68 Å². The molecule has 0 spiro atoms. The van der Waals surface area contributed by atoms with Crippen LogP contribution in [-0.4, -0.2) is 56.6 Å². The van der Waals surface area contributed by atoms with Gasteiger partial charge in [-0.05, 0) is 22.6 Å². The van der Waals surface area contributed by atoms with Crippen LogP contribution in [0.2, 0.25) is 5.02 Å². The number of piperazine rings is 1. The van der Waals surface area contributed by atoms with Gasteiger partial charge in [0.2, 0.25) is 5.91 Å². The molecule has 2 heterocycles. The minimum atomic E-state index is -0.652. The maximum absolute atomic E-state index is 13.0. The Morgan fingerprint density at radius 1 is 1.22 bits per heavy atom. The molecular formula is C17H19ClFN5O3. The zero-order valence-electron chi connectivity index (χ0n) is 14.6. The second-order valence-electron chi connectivity index (χ2n) is 6.35. The van der Waals surface area contributed by atoms with E-state index >= 15 is 0 Å².